The number of carbonyl (C=O) groups is 1. The highest BCUT2D eigenvalue weighted by molar-refractivity contribution is 5.76. The van der Waals surface area contributed by atoms with Crippen molar-refractivity contribution < 1.29 is 9.53 Å². The maximum Gasteiger partial charge on any atom is 0.244 e. The molecule has 8 heteroatoms. The van der Waals surface area contributed by atoms with Crippen LogP contribution in [0.5, 0.6) is 0 Å². The van der Waals surface area contributed by atoms with Gasteiger partial charge in [-0.3, -0.25) is 9.69 Å². The number of ether oxygens (including phenoxy) is 1. The van der Waals surface area contributed by atoms with E-state index >= 15 is 0 Å². The molecule has 0 spiro atoms. The quantitative estimate of drug-likeness (QED) is 0.727. The van der Waals surface area contributed by atoms with Crippen molar-refractivity contribution in [3.63, 3.8) is 0 Å². The highest BCUT2D eigenvalue weighted by Crippen LogP contribution is 2.25. The summed E-state index contributed by atoms with van der Waals surface area (Å²) in [6, 6.07) is 0.455. The maximum atomic E-state index is 12.4. The molecule has 21 heavy (non-hydrogen) atoms. The average Bonchev–Trinajstić information content (AvgIpc) is 3.17. The lowest BCUT2D eigenvalue weighted by atomic mass is 9.99. The largest absolute Gasteiger partial charge is 0.379 e. The smallest absolute Gasteiger partial charge is 0.244 e. The lowest BCUT2D eigenvalue weighted by molar-refractivity contribution is -0.131. The third kappa shape index (κ3) is 3.21. The molecule has 2 fully saturated rings. The molecule has 3 rings (SSSR count). The molecule has 0 aliphatic carbocycles. The van der Waals surface area contributed by atoms with Crippen LogP contribution in [-0.4, -0.2) is 81.3 Å². The minimum atomic E-state index is 0.0940. The van der Waals surface area contributed by atoms with Crippen molar-refractivity contribution in [3.8, 4) is 0 Å². The monoisotopic (exact) mass is 294 g/mol. The first-order valence-corrected chi connectivity index (χ1v) is 7.58. The van der Waals surface area contributed by atoms with Crippen LogP contribution in [0.3, 0.4) is 0 Å². The van der Waals surface area contributed by atoms with E-state index in [1.165, 1.54) is 11.0 Å². The van der Waals surface area contributed by atoms with Crippen LogP contribution in [-0.2, 0) is 16.1 Å². The van der Waals surface area contributed by atoms with Gasteiger partial charge in [0, 0.05) is 32.2 Å². The van der Waals surface area contributed by atoms with Crippen molar-refractivity contribution >= 4 is 5.91 Å². The van der Waals surface area contributed by atoms with Gasteiger partial charge in [0.15, 0.2) is 0 Å². The van der Waals surface area contributed by atoms with Gasteiger partial charge in [-0.1, -0.05) is 13.3 Å². The summed E-state index contributed by atoms with van der Waals surface area (Å²) in [5.41, 5.74) is 0. The Hall–Kier alpha value is -1.54. The molecule has 1 aromatic heterocycles. The third-order valence-electron chi connectivity index (χ3n) is 4.49. The van der Waals surface area contributed by atoms with Crippen molar-refractivity contribution in [2.45, 2.75) is 25.9 Å². The van der Waals surface area contributed by atoms with E-state index in [-0.39, 0.29) is 12.5 Å². The lowest BCUT2D eigenvalue weighted by Crippen LogP contribution is -2.47. The number of carbonyl (C=O) groups excluding carboxylic acids is 1. The summed E-state index contributed by atoms with van der Waals surface area (Å²) >= 11 is 0. The van der Waals surface area contributed by atoms with E-state index < -0.39 is 0 Å². The fraction of sp³-hybridized carbons (Fsp3) is 0.846. The summed E-state index contributed by atoms with van der Waals surface area (Å²) in [4.78, 5) is 16.8. The van der Waals surface area contributed by atoms with Gasteiger partial charge in [0.1, 0.15) is 12.9 Å². The number of amides is 1. The average molecular weight is 294 g/mol. The molecule has 1 amide bonds. The molecule has 2 aliphatic heterocycles. The van der Waals surface area contributed by atoms with E-state index in [0.717, 1.165) is 45.8 Å². The highest BCUT2D eigenvalue weighted by atomic mass is 16.5. The topological polar surface area (TPSA) is 76.4 Å². The highest BCUT2D eigenvalue weighted by Gasteiger charge is 2.37. The SMILES string of the molecule is CC[C@H]1CN(C(=O)Cn2cnnn2)C[C@H]1N1CCOCC1. The zero-order valence-electron chi connectivity index (χ0n) is 12.4. The summed E-state index contributed by atoms with van der Waals surface area (Å²) in [6.07, 6.45) is 2.57. The Morgan fingerprint density at radius 2 is 2.14 bits per heavy atom. The van der Waals surface area contributed by atoms with Crippen molar-refractivity contribution in [2.75, 3.05) is 39.4 Å². The summed E-state index contributed by atoms with van der Waals surface area (Å²) in [5.74, 6) is 0.637. The van der Waals surface area contributed by atoms with Crippen LogP contribution in [0.1, 0.15) is 13.3 Å². The molecule has 1 aromatic rings. The molecule has 0 N–H and O–H groups in total. The van der Waals surface area contributed by atoms with Gasteiger partial charge in [0.2, 0.25) is 5.91 Å². The van der Waals surface area contributed by atoms with Crippen molar-refractivity contribution in [2.24, 2.45) is 5.92 Å². The first-order chi connectivity index (χ1) is 10.3. The van der Waals surface area contributed by atoms with Gasteiger partial charge in [-0.15, -0.1) is 5.10 Å². The van der Waals surface area contributed by atoms with Crippen LogP contribution < -0.4 is 0 Å². The Morgan fingerprint density at radius 1 is 1.33 bits per heavy atom. The number of morpholine rings is 1. The molecule has 2 aliphatic rings. The standard InChI is InChI=1S/C13H22N6O2/c1-2-11-7-18(13(20)9-19-10-14-15-16-19)8-12(11)17-3-5-21-6-4-17/h10-12H,2-9H2,1H3/t11-,12+/m0/s1. The number of hydrogen-bond donors (Lipinski definition) is 0. The normalized spacial score (nSPS) is 27.2. The third-order valence-corrected chi connectivity index (χ3v) is 4.49. The van der Waals surface area contributed by atoms with Gasteiger partial charge in [0.25, 0.3) is 0 Å². The maximum absolute atomic E-state index is 12.4. The van der Waals surface area contributed by atoms with E-state index in [1.807, 2.05) is 4.90 Å². The Labute approximate surface area is 124 Å². The van der Waals surface area contributed by atoms with E-state index in [0.29, 0.717) is 12.0 Å². The first-order valence-electron chi connectivity index (χ1n) is 7.58. The predicted molar refractivity (Wildman–Crippen MR) is 74.4 cm³/mol. The van der Waals surface area contributed by atoms with Crippen molar-refractivity contribution in [3.05, 3.63) is 6.33 Å². The van der Waals surface area contributed by atoms with E-state index in [9.17, 15) is 4.79 Å². The zero-order chi connectivity index (χ0) is 14.7. The molecule has 8 nitrogen and oxygen atoms in total. The van der Waals surface area contributed by atoms with Crippen LogP contribution in [0.2, 0.25) is 0 Å². The van der Waals surface area contributed by atoms with Gasteiger partial charge in [0.05, 0.1) is 13.2 Å². The van der Waals surface area contributed by atoms with Crippen molar-refractivity contribution in [1.82, 2.24) is 30.0 Å². The van der Waals surface area contributed by atoms with Crippen molar-refractivity contribution in [1.29, 1.82) is 0 Å². The Morgan fingerprint density at radius 3 is 2.81 bits per heavy atom. The van der Waals surface area contributed by atoms with E-state index in [4.69, 9.17) is 4.74 Å². The molecule has 2 saturated heterocycles. The fourth-order valence-electron chi connectivity index (χ4n) is 3.27. The van der Waals surface area contributed by atoms with Gasteiger partial charge in [-0.25, -0.2) is 4.68 Å². The second-order valence-electron chi connectivity index (χ2n) is 5.69. The number of nitrogens with zero attached hydrogens (tertiary/aromatic N) is 6. The summed E-state index contributed by atoms with van der Waals surface area (Å²) in [5, 5.41) is 10.9. The molecular weight excluding hydrogens is 272 g/mol. The number of tetrazole rings is 1. The van der Waals surface area contributed by atoms with E-state index in [2.05, 4.69) is 27.3 Å². The van der Waals surface area contributed by atoms with Gasteiger partial charge in [-0.2, -0.15) is 0 Å². The molecule has 116 valence electrons. The number of rotatable bonds is 4. The van der Waals surface area contributed by atoms with E-state index in [1.54, 1.807) is 0 Å². The number of likely N-dealkylation sites (tertiary alicyclic amines) is 1. The van der Waals surface area contributed by atoms with Gasteiger partial charge < -0.3 is 9.64 Å². The molecule has 2 atom stereocenters. The molecule has 0 radical (unpaired) electrons. The van der Waals surface area contributed by atoms with Gasteiger partial charge in [-0.05, 0) is 16.3 Å². The Bertz CT molecular complexity index is 459. The van der Waals surface area contributed by atoms with Gasteiger partial charge >= 0.3 is 0 Å². The minimum Gasteiger partial charge on any atom is -0.379 e. The predicted octanol–water partition coefficient (Wildman–Crippen LogP) is -0.758. The molecule has 0 aromatic carbocycles. The molecule has 0 unspecified atom stereocenters. The van der Waals surface area contributed by atoms with Crippen LogP contribution in [0.25, 0.3) is 0 Å². The second-order valence-corrected chi connectivity index (χ2v) is 5.69. The minimum absolute atomic E-state index is 0.0940. The fourth-order valence-corrected chi connectivity index (χ4v) is 3.27. The second kappa shape index (κ2) is 6.48. The zero-order valence-corrected chi connectivity index (χ0v) is 12.4. The molecule has 0 bridgehead atoms. The van der Waals surface area contributed by atoms with Crippen LogP contribution in [0.15, 0.2) is 6.33 Å². The van der Waals surface area contributed by atoms with Crippen LogP contribution in [0, 0.1) is 5.92 Å². The first kappa shape index (κ1) is 14.4. The summed E-state index contributed by atoms with van der Waals surface area (Å²) in [7, 11) is 0. The Kier molecular flexibility index (Phi) is 4.45. The molecular formula is C13H22N6O2. The number of hydrogen-bond acceptors (Lipinski definition) is 6. The molecule has 3 heterocycles. The summed E-state index contributed by atoms with van der Waals surface area (Å²) < 4.78 is 6.90. The Balaban J connectivity index is 1.61. The van der Waals surface area contributed by atoms with Crippen LogP contribution in [0.4, 0.5) is 0 Å². The van der Waals surface area contributed by atoms with Crippen LogP contribution >= 0.6 is 0 Å². The lowest BCUT2D eigenvalue weighted by Gasteiger charge is -2.34. The number of aromatic nitrogens is 4. The molecule has 0 saturated carbocycles. The summed E-state index contributed by atoms with van der Waals surface area (Å²) in [6.45, 7) is 7.59.